The van der Waals surface area contributed by atoms with Crippen LogP contribution < -0.4 is 10.6 Å². The number of nitrogens with zero attached hydrogens (tertiary/aromatic N) is 1. The molecule has 1 rings (SSSR count). The van der Waals surface area contributed by atoms with Gasteiger partial charge >= 0.3 is 0 Å². The zero-order valence-corrected chi connectivity index (χ0v) is 11.2. The molecule has 2 amide bonds. The molecule has 0 aliphatic rings. The van der Waals surface area contributed by atoms with Crippen molar-refractivity contribution in [2.45, 2.75) is 19.9 Å². The largest absolute Gasteiger partial charge is 0.352 e. The van der Waals surface area contributed by atoms with Gasteiger partial charge in [-0.3, -0.25) is 9.59 Å². The van der Waals surface area contributed by atoms with E-state index in [4.69, 9.17) is 0 Å². The van der Waals surface area contributed by atoms with Gasteiger partial charge in [-0.05, 0) is 41.9 Å². The summed E-state index contributed by atoms with van der Waals surface area (Å²) in [5, 5.41) is 5.18. The van der Waals surface area contributed by atoms with E-state index in [-0.39, 0.29) is 30.1 Å². The van der Waals surface area contributed by atoms with Crippen LogP contribution >= 0.6 is 15.9 Å². The van der Waals surface area contributed by atoms with E-state index in [1.807, 2.05) is 13.8 Å². The van der Waals surface area contributed by atoms with Gasteiger partial charge in [-0.2, -0.15) is 0 Å². The van der Waals surface area contributed by atoms with Crippen molar-refractivity contribution in [2.75, 3.05) is 6.54 Å². The van der Waals surface area contributed by atoms with Crippen LogP contribution in [0.5, 0.6) is 0 Å². The molecule has 0 bridgehead atoms. The van der Waals surface area contributed by atoms with Gasteiger partial charge in [-0.1, -0.05) is 0 Å². The SMILES string of the molecule is CC(C)NC(=O)CNC(=O)c1ncccc1Br. The van der Waals surface area contributed by atoms with Gasteiger partial charge in [0.25, 0.3) is 5.91 Å². The van der Waals surface area contributed by atoms with E-state index < -0.39 is 0 Å². The molecule has 0 fully saturated rings. The quantitative estimate of drug-likeness (QED) is 0.874. The lowest BCUT2D eigenvalue weighted by Gasteiger charge is -2.09. The molecule has 0 aliphatic carbocycles. The third-order valence-electron chi connectivity index (χ3n) is 1.83. The molecule has 92 valence electrons. The molecule has 2 N–H and O–H groups in total. The molecule has 0 saturated carbocycles. The predicted octanol–water partition coefficient (Wildman–Crippen LogP) is 1.10. The van der Waals surface area contributed by atoms with Crippen molar-refractivity contribution < 1.29 is 9.59 Å². The maximum atomic E-state index is 11.7. The number of amides is 2. The minimum Gasteiger partial charge on any atom is -0.352 e. The number of hydrogen-bond donors (Lipinski definition) is 2. The third kappa shape index (κ3) is 4.52. The lowest BCUT2D eigenvalue weighted by atomic mass is 10.3. The Kier molecular flexibility index (Phi) is 5.09. The zero-order chi connectivity index (χ0) is 12.8. The summed E-state index contributed by atoms with van der Waals surface area (Å²) in [6.07, 6.45) is 1.52. The van der Waals surface area contributed by atoms with E-state index in [9.17, 15) is 9.59 Å². The third-order valence-corrected chi connectivity index (χ3v) is 2.47. The summed E-state index contributed by atoms with van der Waals surface area (Å²) >= 11 is 3.22. The fraction of sp³-hybridized carbons (Fsp3) is 0.364. The Bertz CT molecular complexity index is 421. The number of nitrogens with one attached hydrogen (secondary N) is 2. The normalized spacial score (nSPS) is 10.1. The van der Waals surface area contributed by atoms with E-state index in [1.54, 1.807) is 12.1 Å². The first-order valence-corrected chi connectivity index (χ1v) is 5.98. The highest BCUT2D eigenvalue weighted by Gasteiger charge is 2.12. The van der Waals surface area contributed by atoms with Crippen molar-refractivity contribution in [2.24, 2.45) is 0 Å². The van der Waals surface area contributed by atoms with Crippen molar-refractivity contribution in [3.63, 3.8) is 0 Å². The van der Waals surface area contributed by atoms with Gasteiger partial charge in [-0.25, -0.2) is 4.98 Å². The summed E-state index contributed by atoms with van der Waals surface area (Å²) in [7, 11) is 0. The monoisotopic (exact) mass is 299 g/mol. The van der Waals surface area contributed by atoms with Crippen molar-refractivity contribution in [3.8, 4) is 0 Å². The molecule has 5 nitrogen and oxygen atoms in total. The highest BCUT2D eigenvalue weighted by atomic mass is 79.9. The van der Waals surface area contributed by atoms with Gasteiger partial charge in [0.05, 0.1) is 6.54 Å². The molecule has 17 heavy (non-hydrogen) atoms. The fourth-order valence-corrected chi connectivity index (χ4v) is 1.61. The second kappa shape index (κ2) is 6.34. The molecule has 0 aromatic carbocycles. The first-order valence-electron chi connectivity index (χ1n) is 5.18. The first kappa shape index (κ1) is 13.6. The van der Waals surface area contributed by atoms with Crippen molar-refractivity contribution >= 4 is 27.7 Å². The van der Waals surface area contributed by atoms with E-state index >= 15 is 0 Å². The molecule has 1 aromatic heterocycles. The molecule has 0 unspecified atom stereocenters. The molecule has 0 saturated heterocycles. The van der Waals surface area contributed by atoms with E-state index in [2.05, 4.69) is 31.5 Å². The maximum Gasteiger partial charge on any atom is 0.271 e. The van der Waals surface area contributed by atoms with Gasteiger partial charge in [0.1, 0.15) is 5.69 Å². The summed E-state index contributed by atoms with van der Waals surface area (Å²) in [4.78, 5) is 26.9. The Labute approximate surface area is 108 Å². The topological polar surface area (TPSA) is 71.1 Å². The Balaban J connectivity index is 2.51. The molecule has 6 heteroatoms. The summed E-state index contributed by atoms with van der Waals surface area (Å²) in [6, 6.07) is 3.49. The highest BCUT2D eigenvalue weighted by Crippen LogP contribution is 2.12. The fourth-order valence-electron chi connectivity index (χ4n) is 1.17. The molecule has 0 aliphatic heterocycles. The second-order valence-corrected chi connectivity index (χ2v) is 4.59. The molecule has 1 heterocycles. The molecular weight excluding hydrogens is 286 g/mol. The molecule has 1 aromatic rings. The number of carbonyl (C=O) groups excluding carboxylic acids is 2. The molecule has 0 radical (unpaired) electrons. The smallest absolute Gasteiger partial charge is 0.271 e. The number of aromatic nitrogens is 1. The Hall–Kier alpha value is -1.43. The average molecular weight is 300 g/mol. The van der Waals surface area contributed by atoms with Gasteiger partial charge in [0.15, 0.2) is 0 Å². The van der Waals surface area contributed by atoms with Crippen LogP contribution in [0.4, 0.5) is 0 Å². The van der Waals surface area contributed by atoms with Crippen LogP contribution in [-0.2, 0) is 4.79 Å². The van der Waals surface area contributed by atoms with Gasteiger partial charge in [0, 0.05) is 16.7 Å². The summed E-state index contributed by atoms with van der Waals surface area (Å²) < 4.78 is 0.599. The standard InChI is InChI=1S/C11H14BrN3O2/c1-7(2)15-9(16)6-14-11(17)10-8(12)4-3-5-13-10/h3-5,7H,6H2,1-2H3,(H,14,17)(H,15,16). The minimum absolute atomic E-state index is 0.0555. The van der Waals surface area contributed by atoms with Gasteiger partial charge < -0.3 is 10.6 Å². The Morgan fingerprint density at radius 3 is 2.76 bits per heavy atom. The summed E-state index contributed by atoms with van der Waals surface area (Å²) in [5.74, 6) is -0.600. The van der Waals surface area contributed by atoms with Gasteiger partial charge in [0.2, 0.25) is 5.91 Å². The van der Waals surface area contributed by atoms with Gasteiger partial charge in [-0.15, -0.1) is 0 Å². The number of pyridine rings is 1. The Morgan fingerprint density at radius 1 is 1.47 bits per heavy atom. The van der Waals surface area contributed by atoms with Crippen molar-refractivity contribution in [1.29, 1.82) is 0 Å². The van der Waals surface area contributed by atoms with E-state index in [0.717, 1.165) is 0 Å². The summed E-state index contributed by atoms with van der Waals surface area (Å²) in [6.45, 7) is 3.66. The van der Waals surface area contributed by atoms with Crippen molar-refractivity contribution in [1.82, 2.24) is 15.6 Å². The lowest BCUT2D eigenvalue weighted by Crippen LogP contribution is -2.40. The van der Waals surface area contributed by atoms with Crippen molar-refractivity contribution in [3.05, 3.63) is 28.5 Å². The van der Waals surface area contributed by atoms with Crippen LogP contribution in [0.2, 0.25) is 0 Å². The first-order chi connectivity index (χ1) is 8.00. The lowest BCUT2D eigenvalue weighted by molar-refractivity contribution is -0.120. The number of halogens is 1. The molecular formula is C11H14BrN3O2. The van der Waals surface area contributed by atoms with Crippen LogP contribution in [0.15, 0.2) is 22.8 Å². The van der Waals surface area contributed by atoms with E-state index in [1.165, 1.54) is 6.20 Å². The van der Waals surface area contributed by atoms with Crippen LogP contribution in [0, 0.1) is 0 Å². The predicted molar refractivity (Wildman–Crippen MR) is 67.5 cm³/mol. The molecule has 0 atom stereocenters. The zero-order valence-electron chi connectivity index (χ0n) is 9.66. The van der Waals surface area contributed by atoms with Crippen LogP contribution in [0.3, 0.4) is 0 Å². The second-order valence-electron chi connectivity index (χ2n) is 3.74. The minimum atomic E-state index is -0.378. The highest BCUT2D eigenvalue weighted by molar-refractivity contribution is 9.10. The number of hydrogen-bond acceptors (Lipinski definition) is 3. The van der Waals surface area contributed by atoms with E-state index in [0.29, 0.717) is 4.47 Å². The molecule has 0 spiro atoms. The number of rotatable bonds is 4. The number of carbonyl (C=O) groups is 2. The Morgan fingerprint density at radius 2 is 2.18 bits per heavy atom. The van der Waals surface area contributed by atoms with Crippen LogP contribution in [-0.4, -0.2) is 29.4 Å². The van der Waals surface area contributed by atoms with Crippen LogP contribution in [0.1, 0.15) is 24.3 Å². The maximum absolute atomic E-state index is 11.7. The average Bonchev–Trinajstić information content (AvgIpc) is 2.25. The van der Waals surface area contributed by atoms with Crippen LogP contribution in [0.25, 0.3) is 0 Å². The summed E-state index contributed by atoms with van der Waals surface area (Å²) in [5.41, 5.74) is 0.268.